The summed E-state index contributed by atoms with van der Waals surface area (Å²) in [5.74, 6) is 0.664. The summed E-state index contributed by atoms with van der Waals surface area (Å²) >= 11 is 0. The van der Waals surface area contributed by atoms with E-state index < -0.39 is 5.79 Å². The number of aromatic nitrogens is 3. The molecule has 4 N–H and O–H groups in total. The van der Waals surface area contributed by atoms with Crippen molar-refractivity contribution in [2.75, 3.05) is 23.5 Å². The number of urea groups is 1. The maximum Gasteiger partial charge on any atom is 0.324 e. The second-order valence-corrected chi connectivity index (χ2v) is 11.9. The Hall–Kier alpha value is -4.89. The minimum atomic E-state index is -0.970. The van der Waals surface area contributed by atoms with Crippen LogP contribution in [0, 0.1) is 6.92 Å². The van der Waals surface area contributed by atoms with Gasteiger partial charge in [-0.3, -0.25) is 5.32 Å². The van der Waals surface area contributed by atoms with Crippen molar-refractivity contribution in [1.82, 2.24) is 14.8 Å². The first-order valence-corrected chi connectivity index (χ1v) is 14.2. The van der Waals surface area contributed by atoms with Crippen molar-refractivity contribution >= 4 is 34.1 Å². The van der Waals surface area contributed by atoms with Gasteiger partial charge >= 0.3 is 6.03 Å². The van der Waals surface area contributed by atoms with Crippen LogP contribution < -0.4 is 21.1 Å². The van der Waals surface area contributed by atoms with Crippen LogP contribution in [-0.2, 0) is 16.6 Å². The largest absolute Gasteiger partial charge is 0.462 e. The van der Waals surface area contributed by atoms with Gasteiger partial charge in [0.1, 0.15) is 17.4 Å². The SMILES string of the molecule is COC(C)(Cc1ccnc(N)c1)Oc1ccc(NC(=O)Nc2cc(C(C)(C)C)nn2-c2ccc(C)cc2)c2ccccc12. The zero-order valence-corrected chi connectivity index (χ0v) is 25.4. The smallest absolute Gasteiger partial charge is 0.324 e. The van der Waals surface area contributed by atoms with E-state index in [-0.39, 0.29) is 11.4 Å². The summed E-state index contributed by atoms with van der Waals surface area (Å²) in [6.45, 7) is 10.2. The molecule has 2 amide bonds. The number of rotatable bonds is 8. The van der Waals surface area contributed by atoms with Crippen LogP contribution in [0.25, 0.3) is 16.5 Å². The van der Waals surface area contributed by atoms with Crippen molar-refractivity contribution in [3.63, 3.8) is 0 Å². The number of carbonyl (C=O) groups is 1. The summed E-state index contributed by atoms with van der Waals surface area (Å²) in [7, 11) is 1.61. The number of anilines is 3. The fourth-order valence-electron chi connectivity index (χ4n) is 4.82. The number of hydrogen-bond donors (Lipinski definition) is 3. The molecule has 5 aromatic rings. The number of hydrogen-bond acceptors (Lipinski definition) is 6. The van der Waals surface area contributed by atoms with Crippen LogP contribution in [0.15, 0.2) is 85.1 Å². The van der Waals surface area contributed by atoms with Crippen molar-refractivity contribution in [3.05, 3.63) is 102 Å². The van der Waals surface area contributed by atoms with Gasteiger partial charge in [-0.05, 0) is 48.9 Å². The molecule has 0 fully saturated rings. The van der Waals surface area contributed by atoms with Crippen LogP contribution in [0.3, 0.4) is 0 Å². The monoisotopic (exact) mass is 578 g/mol. The van der Waals surface area contributed by atoms with Gasteiger partial charge in [-0.25, -0.2) is 14.5 Å². The number of amides is 2. The van der Waals surface area contributed by atoms with E-state index in [0.29, 0.717) is 29.5 Å². The number of nitrogens with two attached hydrogens (primary N) is 1. The van der Waals surface area contributed by atoms with E-state index in [1.54, 1.807) is 24.1 Å². The van der Waals surface area contributed by atoms with Gasteiger partial charge in [0.15, 0.2) is 0 Å². The maximum atomic E-state index is 13.4. The minimum Gasteiger partial charge on any atom is -0.462 e. The number of fused-ring (bicyclic) bond motifs is 1. The van der Waals surface area contributed by atoms with Gasteiger partial charge in [-0.1, -0.05) is 62.7 Å². The van der Waals surface area contributed by atoms with Crippen LogP contribution in [0.2, 0.25) is 0 Å². The van der Waals surface area contributed by atoms with Crippen molar-refractivity contribution in [1.29, 1.82) is 0 Å². The molecular formula is C34H38N6O3. The number of ether oxygens (including phenoxy) is 2. The fourth-order valence-corrected chi connectivity index (χ4v) is 4.82. The Morgan fingerprint density at radius 3 is 2.33 bits per heavy atom. The molecule has 9 heteroatoms. The zero-order chi connectivity index (χ0) is 30.8. The topological polar surface area (TPSA) is 116 Å². The second-order valence-electron chi connectivity index (χ2n) is 11.9. The number of nitrogens with one attached hydrogen (secondary N) is 2. The molecule has 0 radical (unpaired) electrons. The average Bonchev–Trinajstić information content (AvgIpc) is 3.39. The van der Waals surface area contributed by atoms with Crippen molar-refractivity contribution < 1.29 is 14.3 Å². The third-order valence-electron chi connectivity index (χ3n) is 7.26. The molecule has 0 aliphatic carbocycles. The lowest BCUT2D eigenvalue weighted by molar-refractivity contribution is -0.147. The first kappa shape index (κ1) is 29.6. The lowest BCUT2D eigenvalue weighted by Crippen LogP contribution is -2.37. The van der Waals surface area contributed by atoms with Crippen LogP contribution in [0.4, 0.5) is 22.1 Å². The maximum absolute atomic E-state index is 13.4. The summed E-state index contributed by atoms with van der Waals surface area (Å²) in [5.41, 5.74) is 10.1. The van der Waals surface area contributed by atoms with E-state index in [9.17, 15) is 4.79 Å². The van der Waals surface area contributed by atoms with Gasteiger partial charge in [-0.15, -0.1) is 0 Å². The normalized spacial score (nSPS) is 13.0. The zero-order valence-electron chi connectivity index (χ0n) is 25.4. The molecule has 1 atom stereocenters. The molecule has 2 heterocycles. The Labute approximate surface area is 252 Å². The molecular weight excluding hydrogens is 540 g/mol. The fraction of sp³-hybridized carbons (Fsp3) is 0.265. The summed E-state index contributed by atoms with van der Waals surface area (Å²) < 4.78 is 14.0. The van der Waals surface area contributed by atoms with Crippen molar-refractivity contribution in [2.24, 2.45) is 0 Å². The number of pyridine rings is 1. The highest BCUT2D eigenvalue weighted by Gasteiger charge is 2.28. The molecule has 0 bridgehead atoms. The van der Waals surface area contributed by atoms with Crippen LogP contribution in [0.1, 0.15) is 44.5 Å². The second kappa shape index (κ2) is 11.8. The molecule has 5 rings (SSSR count). The first-order valence-electron chi connectivity index (χ1n) is 14.2. The van der Waals surface area contributed by atoms with Gasteiger partial charge in [0.05, 0.1) is 17.1 Å². The van der Waals surface area contributed by atoms with Gasteiger partial charge in [0.25, 0.3) is 0 Å². The number of nitrogen functional groups attached to an aromatic ring is 1. The molecule has 0 saturated heterocycles. The molecule has 222 valence electrons. The van der Waals surface area contributed by atoms with Gasteiger partial charge < -0.3 is 20.5 Å². The molecule has 0 aliphatic heterocycles. The van der Waals surface area contributed by atoms with Gasteiger partial charge in [-0.2, -0.15) is 5.10 Å². The lowest BCUT2D eigenvalue weighted by atomic mass is 9.92. The number of benzene rings is 3. The number of aryl methyl sites for hydroxylation is 1. The van der Waals surface area contributed by atoms with E-state index in [4.69, 9.17) is 20.3 Å². The summed E-state index contributed by atoms with van der Waals surface area (Å²) in [5, 5.41) is 12.5. The molecule has 43 heavy (non-hydrogen) atoms. The standard InChI is InChI=1S/C34H38N6O3/c1-22-11-13-24(14-12-22)40-31(20-29(39-40)33(2,3)4)38-32(41)37-27-15-16-28(26-10-8-7-9-25(26)27)43-34(5,42-6)21-23-17-18-36-30(35)19-23/h7-20H,21H2,1-6H3,(H2,35,36)(H2,37,38,41). The predicted molar refractivity (Wildman–Crippen MR) is 172 cm³/mol. The van der Waals surface area contributed by atoms with Gasteiger partial charge in [0.2, 0.25) is 5.79 Å². The molecule has 0 saturated carbocycles. The van der Waals surface area contributed by atoms with E-state index >= 15 is 0 Å². The van der Waals surface area contributed by atoms with Crippen LogP contribution in [0.5, 0.6) is 5.75 Å². The third kappa shape index (κ3) is 6.79. The molecule has 1 unspecified atom stereocenters. The number of methoxy groups -OCH3 is 1. The molecule has 2 aromatic heterocycles. The lowest BCUT2D eigenvalue weighted by Gasteiger charge is -2.30. The summed E-state index contributed by atoms with van der Waals surface area (Å²) in [6.07, 6.45) is 2.12. The first-order chi connectivity index (χ1) is 20.4. The Morgan fingerprint density at radius 2 is 1.65 bits per heavy atom. The Bertz CT molecular complexity index is 1760. The molecule has 9 nitrogen and oxygen atoms in total. The molecule has 0 spiro atoms. The van der Waals surface area contributed by atoms with E-state index in [1.165, 1.54) is 0 Å². The van der Waals surface area contributed by atoms with Crippen molar-refractivity contribution in [3.8, 4) is 11.4 Å². The Kier molecular flexibility index (Phi) is 8.10. The highest BCUT2D eigenvalue weighted by molar-refractivity contribution is 6.07. The quantitative estimate of drug-likeness (QED) is 0.167. The van der Waals surface area contributed by atoms with E-state index in [2.05, 4.69) is 36.4 Å². The Morgan fingerprint density at radius 1 is 0.930 bits per heavy atom. The predicted octanol–water partition coefficient (Wildman–Crippen LogP) is 7.24. The average molecular weight is 579 g/mol. The Balaban J connectivity index is 1.40. The van der Waals surface area contributed by atoms with Crippen LogP contribution in [-0.4, -0.2) is 33.7 Å². The summed E-state index contributed by atoms with van der Waals surface area (Å²) in [6, 6.07) is 24.7. The number of nitrogens with zero attached hydrogens (tertiary/aromatic N) is 3. The van der Waals surface area contributed by atoms with E-state index in [0.717, 1.165) is 33.3 Å². The number of carbonyl (C=O) groups excluding carboxylic acids is 1. The van der Waals surface area contributed by atoms with Crippen LogP contribution >= 0.6 is 0 Å². The van der Waals surface area contributed by atoms with E-state index in [1.807, 2.05) is 86.6 Å². The highest BCUT2D eigenvalue weighted by atomic mass is 16.7. The third-order valence-corrected chi connectivity index (χ3v) is 7.26. The van der Waals surface area contributed by atoms with Crippen molar-refractivity contribution in [2.45, 2.75) is 52.2 Å². The molecule has 0 aliphatic rings. The molecule has 3 aromatic carbocycles. The van der Waals surface area contributed by atoms with Gasteiger partial charge in [0, 0.05) is 48.9 Å². The summed E-state index contributed by atoms with van der Waals surface area (Å²) in [4.78, 5) is 17.4. The highest BCUT2D eigenvalue weighted by Crippen LogP contribution is 2.35. The minimum absolute atomic E-state index is 0.199.